The Kier molecular flexibility index (Phi) is 5.56. The van der Waals surface area contributed by atoms with E-state index in [2.05, 4.69) is 29.1 Å². The predicted octanol–water partition coefficient (Wildman–Crippen LogP) is 2.74. The summed E-state index contributed by atoms with van der Waals surface area (Å²) in [5, 5.41) is 3.32. The lowest BCUT2D eigenvalue weighted by atomic mass is 10.2. The fourth-order valence-electron chi connectivity index (χ4n) is 2.53. The van der Waals surface area contributed by atoms with Crippen molar-refractivity contribution in [3.05, 3.63) is 29.6 Å². The normalized spacial score (nSPS) is 18.2. The molecule has 1 saturated heterocycles. The fraction of sp³-hybridized carbons (Fsp3) is 0.562. The monoisotopic (exact) mass is 325 g/mol. The fourth-order valence-corrected chi connectivity index (χ4v) is 3.64. The highest BCUT2D eigenvalue weighted by atomic mass is 32.2. The number of hydrogen-bond donors (Lipinski definition) is 1. The molecule has 1 N–H and O–H groups in total. The Balaban J connectivity index is 1.98. The van der Waals surface area contributed by atoms with Crippen molar-refractivity contribution in [3.63, 3.8) is 0 Å². The minimum Gasteiger partial charge on any atom is -0.494 e. The Labute approximate surface area is 136 Å². The van der Waals surface area contributed by atoms with Crippen LogP contribution in [0.1, 0.15) is 19.4 Å². The van der Waals surface area contributed by atoms with Gasteiger partial charge in [-0.15, -0.1) is 0 Å². The average Bonchev–Trinajstić information content (AvgIpc) is 2.47. The average molecular weight is 325 g/mol. The summed E-state index contributed by atoms with van der Waals surface area (Å²) in [5.41, 5.74) is 0.866. The summed E-state index contributed by atoms with van der Waals surface area (Å²) < 4.78 is 18.9. The second kappa shape index (κ2) is 7.22. The van der Waals surface area contributed by atoms with Crippen LogP contribution in [0.2, 0.25) is 0 Å². The highest BCUT2D eigenvalue weighted by Crippen LogP contribution is 2.29. The van der Waals surface area contributed by atoms with E-state index in [0.29, 0.717) is 6.54 Å². The first-order chi connectivity index (χ1) is 10.4. The Hall–Kier alpha value is -1.43. The van der Waals surface area contributed by atoms with Crippen molar-refractivity contribution < 1.29 is 9.13 Å². The van der Waals surface area contributed by atoms with Gasteiger partial charge in [0.1, 0.15) is 0 Å². The second-order valence-electron chi connectivity index (χ2n) is 5.90. The molecule has 4 nitrogen and oxygen atoms in total. The van der Waals surface area contributed by atoms with Gasteiger partial charge in [0, 0.05) is 37.2 Å². The topological polar surface area (TPSA) is 36.9 Å². The first kappa shape index (κ1) is 16.9. The summed E-state index contributed by atoms with van der Waals surface area (Å²) in [6.07, 6.45) is 0. The Morgan fingerprint density at radius 1 is 1.50 bits per heavy atom. The summed E-state index contributed by atoms with van der Waals surface area (Å²) in [6.45, 7) is 6.96. The van der Waals surface area contributed by atoms with Gasteiger partial charge in [0.25, 0.3) is 0 Å². The molecule has 1 fully saturated rings. The molecule has 122 valence electrons. The van der Waals surface area contributed by atoms with Gasteiger partial charge < -0.3 is 15.0 Å². The van der Waals surface area contributed by atoms with E-state index in [-0.39, 0.29) is 16.3 Å². The van der Waals surface area contributed by atoms with Crippen molar-refractivity contribution in [2.24, 2.45) is 4.99 Å². The SMILES string of the molecule is CN=C(NCc1ccc(OC)c(F)c1)N1CCSC(C)(C)C1. The van der Waals surface area contributed by atoms with Gasteiger partial charge >= 0.3 is 0 Å². The molecule has 1 heterocycles. The van der Waals surface area contributed by atoms with E-state index in [4.69, 9.17) is 4.74 Å². The van der Waals surface area contributed by atoms with Gasteiger partial charge in [0.2, 0.25) is 0 Å². The van der Waals surface area contributed by atoms with E-state index in [1.165, 1.54) is 13.2 Å². The summed E-state index contributed by atoms with van der Waals surface area (Å²) >= 11 is 1.98. The number of ether oxygens (including phenoxy) is 1. The number of aliphatic imine (C=N–C) groups is 1. The highest BCUT2D eigenvalue weighted by Gasteiger charge is 2.28. The van der Waals surface area contributed by atoms with Crippen molar-refractivity contribution in [2.45, 2.75) is 25.1 Å². The minimum absolute atomic E-state index is 0.224. The van der Waals surface area contributed by atoms with Crippen LogP contribution in [0.15, 0.2) is 23.2 Å². The third-order valence-corrected chi connectivity index (χ3v) is 4.90. The van der Waals surface area contributed by atoms with Gasteiger partial charge in [-0.2, -0.15) is 11.8 Å². The van der Waals surface area contributed by atoms with Crippen molar-refractivity contribution in [1.82, 2.24) is 10.2 Å². The molecule has 1 aromatic carbocycles. The van der Waals surface area contributed by atoms with Gasteiger partial charge in [0.15, 0.2) is 17.5 Å². The van der Waals surface area contributed by atoms with Gasteiger partial charge in [0.05, 0.1) is 7.11 Å². The van der Waals surface area contributed by atoms with E-state index in [9.17, 15) is 4.39 Å². The van der Waals surface area contributed by atoms with Gasteiger partial charge in [-0.3, -0.25) is 4.99 Å². The molecule has 1 aromatic rings. The van der Waals surface area contributed by atoms with Gasteiger partial charge in [-0.1, -0.05) is 6.07 Å². The van der Waals surface area contributed by atoms with Crippen LogP contribution in [-0.4, -0.2) is 48.6 Å². The molecule has 22 heavy (non-hydrogen) atoms. The van der Waals surface area contributed by atoms with Crippen LogP contribution in [0.3, 0.4) is 0 Å². The lowest BCUT2D eigenvalue weighted by Gasteiger charge is -2.39. The van der Waals surface area contributed by atoms with E-state index in [0.717, 1.165) is 30.4 Å². The van der Waals surface area contributed by atoms with Gasteiger partial charge in [-0.05, 0) is 31.5 Å². The zero-order chi connectivity index (χ0) is 16.2. The first-order valence-corrected chi connectivity index (χ1v) is 8.36. The summed E-state index contributed by atoms with van der Waals surface area (Å²) in [4.78, 5) is 6.61. The molecule has 0 saturated carbocycles. The Bertz CT molecular complexity index is 548. The molecule has 6 heteroatoms. The van der Waals surface area contributed by atoms with Crippen LogP contribution in [0.4, 0.5) is 4.39 Å². The number of thioether (sulfide) groups is 1. The van der Waals surface area contributed by atoms with Crippen LogP contribution in [0, 0.1) is 5.82 Å². The molecule has 0 spiro atoms. The molecular formula is C16H24FN3OS. The number of rotatable bonds is 3. The van der Waals surface area contributed by atoms with E-state index >= 15 is 0 Å². The quantitative estimate of drug-likeness (QED) is 0.685. The number of methoxy groups -OCH3 is 1. The molecule has 0 amide bonds. The van der Waals surface area contributed by atoms with Crippen LogP contribution >= 0.6 is 11.8 Å². The maximum atomic E-state index is 13.7. The van der Waals surface area contributed by atoms with E-state index < -0.39 is 0 Å². The largest absolute Gasteiger partial charge is 0.494 e. The van der Waals surface area contributed by atoms with Crippen molar-refractivity contribution in [2.75, 3.05) is 33.0 Å². The molecule has 0 radical (unpaired) electrons. The predicted molar refractivity (Wildman–Crippen MR) is 91.3 cm³/mol. The number of nitrogens with zero attached hydrogens (tertiary/aromatic N) is 2. The van der Waals surface area contributed by atoms with Crippen molar-refractivity contribution in [3.8, 4) is 5.75 Å². The number of halogens is 1. The smallest absolute Gasteiger partial charge is 0.193 e. The van der Waals surface area contributed by atoms with Crippen molar-refractivity contribution in [1.29, 1.82) is 0 Å². The molecule has 0 aromatic heterocycles. The lowest BCUT2D eigenvalue weighted by molar-refractivity contribution is 0.375. The summed E-state index contributed by atoms with van der Waals surface area (Å²) in [6, 6.07) is 5.00. The summed E-state index contributed by atoms with van der Waals surface area (Å²) in [7, 11) is 3.25. The van der Waals surface area contributed by atoms with Gasteiger partial charge in [-0.25, -0.2) is 4.39 Å². The Morgan fingerprint density at radius 3 is 2.86 bits per heavy atom. The molecular weight excluding hydrogens is 301 g/mol. The van der Waals surface area contributed by atoms with Crippen LogP contribution < -0.4 is 10.1 Å². The zero-order valence-corrected chi connectivity index (χ0v) is 14.5. The molecule has 1 aliphatic rings. The molecule has 2 rings (SSSR count). The van der Waals surface area contributed by atoms with Crippen LogP contribution in [0.25, 0.3) is 0 Å². The van der Waals surface area contributed by atoms with Crippen LogP contribution in [0.5, 0.6) is 5.75 Å². The molecule has 0 unspecified atom stereocenters. The maximum absolute atomic E-state index is 13.7. The third-order valence-electron chi connectivity index (χ3n) is 3.60. The lowest BCUT2D eigenvalue weighted by Crippen LogP contribution is -2.50. The molecule has 0 aliphatic carbocycles. The zero-order valence-electron chi connectivity index (χ0n) is 13.6. The maximum Gasteiger partial charge on any atom is 0.193 e. The third kappa shape index (κ3) is 4.29. The Morgan fingerprint density at radius 2 is 2.27 bits per heavy atom. The molecule has 0 bridgehead atoms. The molecule has 1 aliphatic heterocycles. The standard InChI is InChI=1S/C16H24FN3OS/c1-16(2)11-20(7-8-22-16)15(18-3)19-10-12-5-6-14(21-4)13(17)9-12/h5-6,9H,7-8,10-11H2,1-4H3,(H,18,19). The van der Waals surface area contributed by atoms with E-state index in [1.54, 1.807) is 13.1 Å². The number of guanidine groups is 1. The first-order valence-electron chi connectivity index (χ1n) is 7.37. The minimum atomic E-state index is -0.340. The second-order valence-corrected chi connectivity index (χ2v) is 7.70. The van der Waals surface area contributed by atoms with E-state index in [1.807, 2.05) is 17.8 Å². The van der Waals surface area contributed by atoms with Crippen LogP contribution in [-0.2, 0) is 6.54 Å². The summed E-state index contributed by atoms with van der Waals surface area (Å²) in [5.74, 6) is 1.88. The highest BCUT2D eigenvalue weighted by molar-refractivity contribution is 8.00. The molecule has 0 atom stereocenters. The number of nitrogens with one attached hydrogen (secondary N) is 1. The number of hydrogen-bond acceptors (Lipinski definition) is 3. The van der Waals surface area contributed by atoms with Crippen molar-refractivity contribution >= 4 is 17.7 Å². The number of benzene rings is 1.